The van der Waals surface area contributed by atoms with Crippen molar-refractivity contribution >= 4 is 5.69 Å². The van der Waals surface area contributed by atoms with E-state index in [0.717, 1.165) is 5.92 Å². The number of benzene rings is 1. The molecule has 3 heteroatoms. The topological polar surface area (TPSA) is 18.5 Å². The van der Waals surface area contributed by atoms with Crippen molar-refractivity contribution in [1.82, 2.24) is 10.2 Å². The first-order valence-corrected chi connectivity index (χ1v) is 7.77. The number of nitrogens with one attached hydrogen (secondary N) is 1. The summed E-state index contributed by atoms with van der Waals surface area (Å²) in [5.41, 5.74) is 2.76. The zero-order chi connectivity index (χ0) is 14.5. The van der Waals surface area contributed by atoms with E-state index in [1.165, 1.54) is 43.7 Å². The molecule has 1 N–H and O–H groups in total. The van der Waals surface area contributed by atoms with Crippen molar-refractivity contribution in [3.8, 4) is 0 Å². The van der Waals surface area contributed by atoms with E-state index in [1.807, 2.05) is 7.05 Å². The molecule has 1 heterocycles. The Morgan fingerprint density at radius 2 is 1.95 bits per heavy atom. The molecule has 1 saturated heterocycles. The summed E-state index contributed by atoms with van der Waals surface area (Å²) >= 11 is 0. The van der Waals surface area contributed by atoms with Gasteiger partial charge in [-0.15, -0.1) is 0 Å². The number of hydrogen-bond donors (Lipinski definition) is 1. The fourth-order valence-corrected chi connectivity index (χ4v) is 3.09. The molecular formula is C17H29N3. The lowest BCUT2D eigenvalue weighted by atomic mass is 9.96. The minimum absolute atomic E-state index is 0.395. The Morgan fingerprint density at radius 3 is 2.60 bits per heavy atom. The molecule has 1 aliphatic heterocycles. The van der Waals surface area contributed by atoms with Gasteiger partial charge in [0.2, 0.25) is 0 Å². The highest BCUT2D eigenvalue weighted by Crippen LogP contribution is 2.27. The highest BCUT2D eigenvalue weighted by atomic mass is 15.1. The van der Waals surface area contributed by atoms with Gasteiger partial charge in [-0.05, 0) is 64.5 Å². The number of hydrogen-bond acceptors (Lipinski definition) is 3. The SMILES string of the molecule is CNC(C)c1ccccc1N(C)CC1CCN(C)CC1. The van der Waals surface area contributed by atoms with Crippen LogP contribution in [0.15, 0.2) is 24.3 Å². The Hall–Kier alpha value is -1.06. The van der Waals surface area contributed by atoms with E-state index >= 15 is 0 Å². The Kier molecular flexibility index (Phi) is 5.44. The minimum Gasteiger partial charge on any atom is -0.374 e. The van der Waals surface area contributed by atoms with Crippen LogP contribution in [0.3, 0.4) is 0 Å². The molecule has 20 heavy (non-hydrogen) atoms. The molecule has 0 bridgehead atoms. The van der Waals surface area contributed by atoms with Crippen LogP contribution < -0.4 is 10.2 Å². The van der Waals surface area contributed by atoms with E-state index in [4.69, 9.17) is 0 Å². The van der Waals surface area contributed by atoms with Gasteiger partial charge in [0.15, 0.2) is 0 Å². The summed E-state index contributed by atoms with van der Waals surface area (Å²) in [7, 11) is 6.49. The van der Waals surface area contributed by atoms with Crippen molar-refractivity contribution in [2.75, 3.05) is 45.7 Å². The Labute approximate surface area is 124 Å². The van der Waals surface area contributed by atoms with Crippen LogP contribution in [0, 0.1) is 5.92 Å². The maximum absolute atomic E-state index is 3.35. The number of rotatable bonds is 5. The van der Waals surface area contributed by atoms with Crippen LogP contribution in [0.2, 0.25) is 0 Å². The highest BCUT2D eigenvalue weighted by Gasteiger charge is 2.19. The standard InChI is InChI=1S/C17H29N3/c1-14(18-2)16-7-5-6-8-17(16)20(4)13-15-9-11-19(3)12-10-15/h5-8,14-15,18H,9-13H2,1-4H3. The van der Waals surface area contributed by atoms with Crippen molar-refractivity contribution in [1.29, 1.82) is 0 Å². The maximum Gasteiger partial charge on any atom is 0.0412 e. The summed E-state index contributed by atoms with van der Waals surface area (Å²) < 4.78 is 0. The van der Waals surface area contributed by atoms with E-state index in [9.17, 15) is 0 Å². The molecular weight excluding hydrogens is 246 g/mol. The van der Waals surface area contributed by atoms with Gasteiger partial charge < -0.3 is 15.1 Å². The second-order valence-corrected chi connectivity index (χ2v) is 6.20. The summed E-state index contributed by atoms with van der Waals surface area (Å²) in [6.07, 6.45) is 2.65. The molecule has 112 valence electrons. The quantitative estimate of drug-likeness (QED) is 0.891. The normalized spacial score (nSPS) is 19.0. The molecule has 2 rings (SSSR count). The second kappa shape index (κ2) is 7.09. The van der Waals surface area contributed by atoms with E-state index in [0.29, 0.717) is 6.04 Å². The van der Waals surface area contributed by atoms with Gasteiger partial charge in [-0.25, -0.2) is 0 Å². The van der Waals surface area contributed by atoms with E-state index in [1.54, 1.807) is 0 Å². The molecule has 0 amide bonds. The van der Waals surface area contributed by atoms with Crippen LogP contribution in [0.4, 0.5) is 5.69 Å². The van der Waals surface area contributed by atoms with Gasteiger partial charge in [0, 0.05) is 25.3 Å². The summed E-state index contributed by atoms with van der Waals surface area (Å²) in [5.74, 6) is 0.828. The Balaban J connectivity index is 2.03. The minimum atomic E-state index is 0.395. The van der Waals surface area contributed by atoms with Crippen molar-refractivity contribution in [2.24, 2.45) is 5.92 Å². The van der Waals surface area contributed by atoms with Crippen molar-refractivity contribution in [2.45, 2.75) is 25.8 Å². The molecule has 1 fully saturated rings. The molecule has 0 aromatic heterocycles. The number of para-hydroxylation sites is 1. The summed E-state index contributed by atoms with van der Waals surface area (Å²) in [5, 5.41) is 3.35. The predicted octanol–water partition coefficient (Wildman–Crippen LogP) is 2.75. The predicted molar refractivity (Wildman–Crippen MR) is 87.4 cm³/mol. The number of likely N-dealkylation sites (tertiary alicyclic amines) is 1. The van der Waals surface area contributed by atoms with Gasteiger partial charge >= 0.3 is 0 Å². The molecule has 0 spiro atoms. The maximum atomic E-state index is 3.35. The lowest BCUT2D eigenvalue weighted by Crippen LogP contribution is -2.36. The van der Waals surface area contributed by atoms with Gasteiger partial charge in [0.05, 0.1) is 0 Å². The third-order valence-electron chi connectivity index (χ3n) is 4.62. The lowest BCUT2D eigenvalue weighted by molar-refractivity contribution is 0.222. The molecule has 0 saturated carbocycles. The molecule has 1 aliphatic rings. The molecule has 1 aromatic rings. The largest absolute Gasteiger partial charge is 0.374 e. The zero-order valence-electron chi connectivity index (χ0n) is 13.4. The van der Waals surface area contributed by atoms with Crippen molar-refractivity contribution in [3.05, 3.63) is 29.8 Å². The van der Waals surface area contributed by atoms with E-state index in [-0.39, 0.29) is 0 Å². The molecule has 1 unspecified atom stereocenters. The fraction of sp³-hybridized carbons (Fsp3) is 0.647. The first-order valence-electron chi connectivity index (χ1n) is 7.77. The summed E-state index contributed by atoms with van der Waals surface area (Å²) in [6.45, 7) is 5.88. The van der Waals surface area contributed by atoms with Crippen LogP contribution in [0.5, 0.6) is 0 Å². The molecule has 3 nitrogen and oxygen atoms in total. The van der Waals surface area contributed by atoms with Crippen LogP contribution in [0.1, 0.15) is 31.4 Å². The first kappa shape index (κ1) is 15.3. The highest BCUT2D eigenvalue weighted by molar-refractivity contribution is 5.54. The van der Waals surface area contributed by atoms with Gasteiger partial charge in [0.25, 0.3) is 0 Å². The number of nitrogens with zero attached hydrogens (tertiary/aromatic N) is 2. The Morgan fingerprint density at radius 1 is 1.30 bits per heavy atom. The molecule has 1 aromatic carbocycles. The van der Waals surface area contributed by atoms with Crippen molar-refractivity contribution in [3.63, 3.8) is 0 Å². The average molecular weight is 275 g/mol. The number of piperidine rings is 1. The van der Waals surface area contributed by atoms with Crippen molar-refractivity contribution < 1.29 is 0 Å². The van der Waals surface area contributed by atoms with Gasteiger partial charge in [0.1, 0.15) is 0 Å². The molecule has 0 radical (unpaired) electrons. The van der Waals surface area contributed by atoms with Crippen LogP contribution in [-0.4, -0.2) is 45.7 Å². The van der Waals surface area contributed by atoms with Crippen LogP contribution in [0.25, 0.3) is 0 Å². The molecule has 0 aliphatic carbocycles. The summed E-state index contributed by atoms with van der Waals surface area (Å²) in [6, 6.07) is 9.16. The monoisotopic (exact) mass is 275 g/mol. The third-order valence-corrected chi connectivity index (χ3v) is 4.62. The average Bonchev–Trinajstić information content (AvgIpc) is 2.48. The van der Waals surface area contributed by atoms with Gasteiger partial charge in [-0.1, -0.05) is 18.2 Å². The van der Waals surface area contributed by atoms with E-state index < -0.39 is 0 Å². The number of anilines is 1. The van der Waals surface area contributed by atoms with Gasteiger partial charge in [-0.2, -0.15) is 0 Å². The summed E-state index contributed by atoms with van der Waals surface area (Å²) in [4.78, 5) is 4.88. The lowest BCUT2D eigenvalue weighted by Gasteiger charge is -2.33. The first-order chi connectivity index (χ1) is 9.61. The van der Waals surface area contributed by atoms with Gasteiger partial charge in [-0.3, -0.25) is 0 Å². The fourth-order valence-electron chi connectivity index (χ4n) is 3.09. The smallest absolute Gasteiger partial charge is 0.0412 e. The van der Waals surface area contributed by atoms with Crippen LogP contribution in [-0.2, 0) is 0 Å². The van der Waals surface area contributed by atoms with Crippen LogP contribution >= 0.6 is 0 Å². The zero-order valence-corrected chi connectivity index (χ0v) is 13.4. The Bertz CT molecular complexity index is 410. The second-order valence-electron chi connectivity index (χ2n) is 6.20. The van der Waals surface area contributed by atoms with E-state index in [2.05, 4.69) is 60.4 Å². The molecule has 1 atom stereocenters. The third kappa shape index (κ3) is 3.74.